The summed E-state index contributed by atoms with van der Waals surface area (Å²) in [5, 5.41) is 11.0. The monoisotopic (exact) mass is 234 g/mol. The Morgan fingerprint density at radius 1 is 1.40 bits per heavy atom. The van der Waals surface area contributed by atoms with Crippen molar-refractivity contribution in [3.05, 3.63) is 0 Å². The third-order valence-corrected chi connectivity index (χ3v) is 2.30. The number of amides is 2. The largest absolute Gasteiger partial charge is 0.480 e. The SMILES string of the molecule is CCC(=O)NSC[C@H](NC(C)=O)C(=O)O. The van der Waals surface area contributed by atoms with Gasteiger partial charge in [-0.15, -0.1) is 0 Å². The van der Waals surface area contributed by atoms with Crippen LogP contribution < -0.4 is 10.0 Å². The van der Waals surface area contributed by atoms with Crippen molar-refractivity contribution in [1.82, 2.24) is 10.0 Å². The number of hydrogen-bond acceptors (Lipinski definition) is 4. The lowest BCUT2D eigenvalue weighted by molar-refractivity contribution is -0.140. The van der Waals surface area contributed by atoms with Crippen LogP contribution in [-0.4, -0.2) is 34.7 Å². The first-order valence-corrected chi connectivity index (χ1v) is 5.36. The Labute approximate surface area is 91.9 Å². The molecule has 0 aromatic rings. The molecule has 0 saturated heterocycles. The molecule has 0 radical (unpaired) electrons. The van der Waals surface area contributed by atoms with Crippen LogP contribution in [0, 0.1) is 0 Å². The molecule has 0 spiro atoms. The van der Waals surface area contributed by atoms with Crippen molar-refractivity contribution >= 4 is 29.7 Å². The van der Waals surface area contributed by atoms with E-state index < -0.39 is 17.9 Å². The Morgan fingerprint density at radius 3 is 2.40 bits per heavy atom. The van der Waals surface area contributed by atoms with Gasteiger partial charge in [0.1, 0.15) is 6.04 Å². The highest BCUT2D eigenvalue weighted by molar-refractivity contribution is 7.98. The van der Waals surface area contributed by atoms with E-state index in [9.17, 15) is 14.4 Å². The lowest BCUT2D eigenvalue weighted by Crippen LogP contribution is -2.42. The van der Waals surface area contributed by atoms with E-state index in [0.29, 0.717) is 6.42 Å². The Hall–Kier alpha value is -1.24. The summed E-state index contributed by atoms with van der Waals surface area (Å²) in [5.74, 6) is -1.61. The zero-order valence-electron chi connectivity index (χ0n) is 8.57. The van der Waals surface area contributed by atoms with E-state index in [1.165, 1.54) is 6.92 Å². The summed E-state index contributed by atoms with van der Waals surface area (Å²) in [5.41, 5.74) is 0. The summed E-state index contributed by atoms with van der Waals surface area (Å²) in [6, 6.07) is -0.982. The number of hydrogen-bond donors (Lipinski definition) is 3. The number of carboxylic acid groups (broad SMARTS) is 1. The third-order valence-electron chi connectivity index (χ3n) is 1.43. The molecule has 3 N–H and O–H groups in total. The second-order valence-corrected chi connectivity index (χ2v) is 3.61. The molecule has 0 aromatic carbocycles. The molecular weight excluding hydrogens is 220 g/mol. The van der Waals surface area contributed by atoms with Gasteiger partial charge in [-0.1, -0.05) is 6.92 Å². The summed E-state index contributed by atoms with van der Waals surface area (Å²) in [6.07, 6.45) is 0.338. The number of carboxylic acids is 1. The summed E-state index contributed by atoms with van der Waals surface area (Å²) in [4.78, 5) is 32.1. The fourth-order valence-corrected chi connectivity index (χ4v) is 1.48. The average Bonchev–Trinajstić information content (AvgIpc) is 2.15. The van der Waals surface area contributed by atoms with Gasteiger partial charge in [0.15, 0.2) is 0 Å². The van der Waals surface area contributed by atoms with Gasteiger partial charge in [0, 0.05) is 19.1 Å². The van der Waals surface area contributed by atoms with Crippen molar-refractivity contribution in [1.29, 1.82) is 0 Å². The molecule has 2 amide bonds. The molecule has 0 saturated carbocycles. The molecule has 1 atom stereocenters. The molecule has 0 aliphatic rings. The first kappa shape index (κ1) is 13.8. The summed E-state index contributed by atoms with van der Waals surface area (Å²) < 4.78 is 2.45. The van der Waals surface area contributed by atoms with Crippen molar-refractivity contribution in [2.45, 2.75) is 26.3 Å². The first-order valence-electron chi connectivity index (χ1n) is 4.38. The normalized spacial score (nSPS) is 11.6. The van der Waals surface area contributed by atoms with Crippen LogP contribution >= 0.6 is 11.9 Å². The van der Waals surface area contributed by atoms with E-state index in [0.717, 1.165) is 11.9 Å². The van der Waals surface area contributed by atoms with Gasteiger partial charge in [0.2, 0.25) is 11.8 Å². The summed E-state index contributed by atoms with van der Waals surface area (Å²) in [7, 11) is 0. The van der Waals surface area contributed by atoms with Crippen LogP contribution in [0.4, 0.5) is 0 Å². The van der Waals surface area contributed by atoms with Gasteiger partial charge in [0.25, 0.3) is 0 Å². The number of rotatable bonds is 6. The van der Waals surface area contributed by atoms with Gasteiger partial charge in [-0.3, -0.25) is 9.59 Å². The van der Waals surface area contributed by atoms with Crippen LogP contribution in [0.2, 0.25) is 0 Å². The maximum absolute atomic E-state index is 10.8. The summed E-state index contributed by atoms with van der Waals surface area (Å²) in [6.45, 7) is 2.93. The van der Waals surface area contributed by atoms with E-state index in [2.05, 4.69) is 10.0 Å². The van der Waals surface area contributed by atoms with Gasteiger partial charge >= 0.3 is 5.97 Å². The topological polar surface area (TPSA) is 95.5 Å². The smallest absolute Gasteiger partial charge is 0.327 e. The fourth-order valence-electron chi connectivity index (χ4n) is 0.698. The lowest BCUT2D eigenvalue weighted by Gasteiger charge is -2.12. The van der Waals surface area contributed by atoms with Gasteiger partial charge in [-0.25, -0.2) is 4.79 Å². The highest BCUT2D eigenvalue weighted by atomic mass is 32.2. The molecule has 7 heteroatoms. The molecule has 0 bridgehead atoms. The Kier molecular flexibility index (Phi) is 6.52. The van der Waals surface area contributed by atoms with E-state index in [1.54, 1.807) is 6.92 Å². The molecule has 0 aliphatic carbocycles. The molecule has 86 valence electrons. The van der Waals surface area contributed by atoms with Crippen LogP contribution in [0.3, 0.4) is 0 Å². The van der Waals surface area contributed by atoms with Crippen molar-refractivity contribution in [3.8, 4) is 0 Å². The molecule has 0 rings (SSSR count). The van der Waals surface area contributed by atoms with Crippen molar-refractivity contribution < 1.29 is 19.5 Å². The van der Waals surface area contributed by atoms with Gasteiger partial charge < -0.3 is 15.1 Å². The molecule has 6 nitrogen and oxygen atoms in total. The molecule has 0 fully saturated rings. The quantitative estimate of drug-likeness (QED) is 0.551. The Bertz CT molecular complexity index is 257. The molecule has 15 heavy (non-hydrogen) atoms. The van der Waals surface area contributed by atoms with Crippen LogP contribution in [0.1, 0.15) is 20.3 Å². The summed E-state index contributed by atoms with van der Waals surface area (Å²) >= 11 is 0.969. The van der Waals surface area contributed by atoms with E-state index in [1.807, 2.05) is 0 Å². The zero-order valence-corrected chi connectivity index (χ0v) is 9.39. The van der Waals surface area contributed by atoms with E-state index >= 15 is 0 Å². The second kappa shape index (κ2) is 7.10. The van der Waals surface area contributed by atoms with Crippen molar-refractivity contribution in [3.63, 3.8) is 0 Å². The van der Waals surface area contributed by atoms with E-state index in [-0.39, 0.29) is 11.7 Å². The van der Waals surface area contributed by atoms with Crippen LogP contribution in [0.5, 0.6) is 0 Å². The van der Waals surface area contributed by atoms with Crippen LogP contribution in [0.25, 0.3) is 0 Å². The Morgan fingerprint density at radius 2 is 2.00 bits per heavy atom. The highest BCUT2D eigenvalue weighted by Gasteiger charge is 2.18. The van der Waals surface area contributed by atoms with Crippen molar-refractivity contribution in [2.75, 3.05) is 5.75 Å². The highest BCUT2D eigenvalue weighted by Crippen LogP contribution is 1.99. The third kappa shape index (κ3) is 6.78. The zero-order chi connectivity index (χ0) is 11.8. The molecule has 0 aliphatic heterocycles. The number of carbonyl (C=O) groups excluding carboxylic acids is 2. The second-order valence-electron chi connectivity index (χ2n) is 2.78. The van der Waals surface area contributed by atoms with Gasteiger partial charge in [-0.2, -0.15) is 0 Å². The number of nitrogens with one attached hydrogen (secondary N) is 2. The Balaban J connectivity index is 3.91. The van der Waals surface area contributed by atoms with Crippen molar-refractivity contribution in [2.24, 2.45) is 0 Å². The first-order chi connectivity index (χ1) is 6.97. The minimum atomic E-state index is -1.12. The molecule has 0 unspecified atom stereocenters. The predicted molar refractivity (Wildman–Crippen MR) is 56.1 cm³/mol. The van der Waals surface area contributed by atoms with Crippen LogP contribution in [0.15, 0.2) is 0 Å². The van der Waals surface area contributed by atoms with Gasteiger partial charge in [0.05, 0.1) is 0 Å². The van der Waals surface area contributed by atoms with Gasteiger partial charge in [-0.05, 0) is 11.9 Å². The predicted octanol–water partition coefficient (Wildman–Crippen LogP) is -0.250. The van der Waals surface area contributed by atoms with Crippen LogP contribution in [-0.2, 0) is 14.4 Å². The average molecular weight is 234 g/mol. The molecular formula is C8H14N2O4S. The number of aliphatic carboxylic acids is 1. The molecule has 0 heterocycles. The number of carbonyl (C=O) groups is 3. The fraction of sp³-hybridized carbons (Fsp3) is 0.625. The van der Waals surface area contributed by atoms with E-state index in [4.69, 9.17) is 5.11 Å². The minimum Gasteiger partial charge on any atom is -0.480 e. The standard InChI is InChI=1S/C8H14N2O4S/c1-3-7(12)10-15-4-6(8(13)14)9-5(2)11/h6H,3-4H2,1-2H3,(H,9,11)(H,10,12)(H,13,14)/t6-/m0/s1. The molecule has 0 aromatic heterocycles. The minimum absolute atomic E-state index is 0.0979. The lowest BCUT2D eigenvalue weighted by atomic mass is 10.3. The maximum Gasteiger partial charge on any atom is 0.327 e. The maximum atomic E-state index is 10.8.